The molecule has 166 valence electrons. The Morgan fingerprint density at radius 1 is 1.16 bits per heavy atom. The summed E-state index contributed by atoms with van der Waals surface area (Å²) in [4.78, 5) is 44.6. The Morgan fingerprint density at radius 3 is 2.50 bits per heavy atom. The molecule has 0 spiro atoms. The number of benzene rings is 1. The highest BCUT2D eigenvalue weighted by Gasteiger charge is 2.53. The largest absolute Gasteiger partial charge is 0.421 e. The summed E-state index contributed by atoms with van der Waals surface area (Å²) in [6, 6.07) is 10.2. The molecule has 1 atom stereocenters. The maximum absolute atomic E-state index is 13.4. The van der Waals surface area contributed by atoms with Gasteiger partial charge >= 0.3 is 12.0 Å². The van der Waals surface area contributed by atoms with Crippen LogP contribution in [0, 0.1) is 0 Å². The van der Waals surface area contributed by atoms with Gasteiger partial charge in [-0.1, -0.05) is 49.2 Å². The zero-order valence-electron chi connectivity index (χ0n) is 18.4. The number of amidine groups is 1. The van der Waals surface area contributed by atoms with E-state index in [0.717, 1.165) is 34.7 Å². The number of fused-ring (bicyclic) bond motifs is 1. The lowest BCUT2D eigenvalue weighted by Crippen LogP contribution is -2.63. The number of nitrogens with two attached hydrogens (primary N) is 1. The van der Waals surface area contributed by atoms with E-state index in [9.17, 15) is 14.4 Å². The van der Waals surface area contributed by atoms with Crippen molar-refractivity contribution in [2.75, 3.05) is 13.6 Å². The number of likely N-dealkylation sites (N-methyl/N-ethyl adjacent to an activating group) is 1. The molecule has 10 nitrogen and oxygen atoms in total. The molecule has 3 heterocycles. The number of amides is 4. The van der Waals surface area contributed by atoms with E-state index in [-0.39, 0.29) is 0 Å². The summed E-state index contributed by atoms with van der Waals surface area (Å²) >= 11 is 0. The number of primary amides is 1. The van der Waals surface area contributed by atoms with Crippen LogP contribution < -0.4 is 5.73 Å². The molecule has 1 unspecified atom stereocenters. The Kier molecular flexibility index (Phi) is 5.60. The average Bonchev–Trinajstić information content (AvgIpc) is 3.37. The number of carbonyl (C=O) groups is 3. The minimum absolute atomic E-state index is 0.308. The Bertz CT molecular complexity index is 1150. The van der Waals surface area contributed by atoms with Gasteiger partial charge in [-0.3, -0.25) is 19.4 Å². The Balaban J connectivity index is 1.88. The molecule has 2 aromatic rings. The van der Waals surface area contributed by atoms with E-state index in [4.69, 9.17) is 15.8 Å². The van der Waals surface area contributed by atoms with Crippen molar-refractivity contribution in [1.29, 1.82) is 0 Å². The molecule has 1 aromatic carbocycles. The Morgan fingerprint density at radius 2 is 1.88 bits per heavy atom. The second-order valence-electron chi connectivity index (χ2n) is 7.76. The van der Waals surface area contributed by atoms with Gasteiger partial charge in [0.2, 0.25) is 17.8 Å². The smallest absolute Gasteiger partial charge is 0.368 e. The zero-order chi connectivity index (χ0) is 23.0. The van der Waals surface area contributed by atoms with E-state index >= 15 is 0 Å². The van der Waals surface area contributed by atoms with Crippen LogP contribution in [0.15, 0.2) is 41.4 Å². The number of rotatable bonds is 6. The van der Waals surface area contributed by atoms with Gasteiger partial charge in [-0.25, -0.2) is 9.37 Å². The molecule has 1 fully saturated rings. The van der Waals surface area contributed by atoms with Crippen LogP contribution in [0.1, 0.15) is 30.8 Å². The lowest BCUT2D eigenvalue weighted by atomic mass is 10.1. The van der Waals surface area contributed by atoms with Gasteiger partial charge in [-0.15, -0.1) is 9.78 Å². The van der Waals surface area contributed by atoms with Crippen molar-refractivity contribution in [3.05, 3.63) is 53.3 Å². The van der Waals surface area contributed by atoms with E-state index in [1.165, 1.54) is 4.90 Å². The maximum atomic E-state index is 13.4. The Hall–Kier alpha value is -3.82. The van der Waals surface area contributed by atoms with E-state index < -0.39 is 30.4 Å². The molecule has 10 heteroatoms. The zero-order valence-corrected chi connectivity index (χ0v) is 18.4. The van der Waals surface area contributed by atoms with Gasteiger partial charge in [0.1, 0.15) is 12.2 Å². The molecule has 0 saturated carbocycles. The van der Waals surface area contributed by atoms with Crippen LogP contribution >= 0.6 is 0 Å². The summed E-state index contributed by atoms with van der Waals surface area (Å²) in [5, 5.41) is 4.70. The first-order chi connectivity index (χ1) is 15.3. The fraction of sp³-hybridized carbons (Fsp3) is 0.364. The van der Waals surface area contributed by atoms with E-state index in [1.807, 2.05) is 54.8 Å². The van der Waals surface area contributed by atoms with Gasteiger partial charge in [-0.05, 0) is 18.1 Å². The molecule has 4 rings (SSSR count). The highest BCUT2D eigenvalue weighted by molar-refractivity contribution is 6.23. The van der Waals surface area contributed by atoms with E-state index in [1.54, 1.807) is 11.7 Å². The number of nitrogens with zero attached hydrogens (tertiary/aromatic N) is 6. The number of hydrogen-bond donors (Lipinski definition) is 1. The fourth-order valence-corrected chi connectivity index (χ4v) is 3.99. The van der Waals surface area contributed by atoms with Crippen LogP contribution in [0.5, 0.6) is 0 Å². The molecule has 1 saturated heterocycles. The minimum Gasteiger partial charge on any atom is -0.368 e. The third kappa shape index (κ3) is 3.57. The van der Waals surface area contributed by atoms with Gasteiger partial charge in [-0.2, -0.15) is 0 Å². The molecule has 2 N–H and O–H groups in total. The predicted molar refractivity (Wildman–Crippen MR) is 117 cm³/mol. The number of aromatic nitrogens is 2. The summed E-state index contributed by atoms with van der Waals surface area (Å²) in [6.45, 7) is 3.94. The van der Waals surface area contributed by atoms with Crippen molar-refractivity contribution in [3.8, 4) is 0 Å². The van der Waals surface area contributed by atoms with Crippen molar-refractivity contribution in [2.24, 2.45) is 10.7 Å². The van der Waals surface area contributed by atoms with Crippen LogP contribution in [-0.2, 0) is 29.0 Å². The normalized spacial score (nSPS) is 18.3. The molecule has 4 amide bonds. The SMILES string of the molecule is CCc1cc(CC)n(C2=[N+](Cc3ccccc3)C3C(=O)N(CC(N)=O)C(=O)N(C)C3=N2)n1. The fourth-order valence-electron chi connectivity index (χ4n) is 3.99. The first kappa shape index (κ1) is 21.4. The van der Waals surface area contributed by atoms with E-state index in [0.29, 0.717) is 18.3 Å². The predicted octanol–water partition coefficient (Wildman–Crippen LogP) is 0.585. The van der Waals surface area contributed by atoms with Gasteiger partial charge in [0, 0.05) is 13.5 Å². The second kappa shape index (κ2) is 8.37. The molecule has 0 aliphatic carbocycles. The van der Waals surface area contributed by atoms with E-state index in [2.05, 4.69) is 0 Å². The second-order valence-corrected chi connectivity index (χ2v) is 7.76. The van der Waals surface area contributed by atoms with Crippen LogP contribution in [-0.4, -0.2) is 73.4 Å². The summed E-state index contributed by atoms with van der Waals surface area (Å²) in [5.41, 5.74) is 8.13. The van der Waals surface area contributed by atoms with Crippen molar-refractivity contribution in [3.63, 3.8) is 0 Å². The minimum atomic E-state index is -0.869. The summed E-state index contributed by atoms with van der Waals surface area (Å²) in [7, 11) is 1.54. The Labute approximate surface area is 185 Å². The highest BCUT2D eigenvalue weighted by Crippen LogP contribution is 2.23. The number of imide groups is 1. The molecule has 0 bridgehead atoms. The van der Waals surface area contributed by atoms with Crippen molar-refractivity contribution in [2.45, 2.75) is 39.3 Å². The molecular formula is C22H26N7O3+. The summed E-state index contributed by atoms with van der Waals surface area (Å²) in [5.74, 6) is -0.510. The van der Waals surface area contributed by atoms with Gasteiger partial charge in [0.25, 0.3) is 5.91 Å². The van der Waals surface area contributed by atoms with Crippen molar-refractivity contribution >= 4 is 29.6 Å². The molecule has 2 aliphatic heterocycles. The first-order valence-electron chi connectivity index (χ1n) is 10.6. The number of aliphatic imine (C=N–C) groups is 1. The van der Waals surface area contributed by atoms with Gasteiger partial charge in [0.15, 0.2) is 0 Å². The van der Waals surface area contributed by atoms with Crippen LogP contribution in [0.25, 0.3) is 0 Å². The monoisotopic (exact) mass is 436 g/mol. The number of hydrogen-bond acceptors (Lipinski definition) is 5. The third-order valence-corrected chi connectivity index (χ3v) is 5.65. The number of carbonyl (C=O) groups excluding carboxylic acids is 3. The lowest BCUT2D eigenvalue weighted by Gasteiger charge is -2.33. The quantitative estimate of drug-likeness (QED) is 0.667. The van der Waals surface area contributed by atoms with Crippen LogP contribution in [0.3, 0.4) is 0 Å². The summed E-state index contributed by atoms with van der Waals surface area (Å²) < 4.78 is 3.58. The molecule has 32 heavy (non-hydrogen) atoms. The molecule has 2 aliphatic rings. The standard InChI is InChI=1S/C22H25N7O3/c1-4-15-11-16(5-2)29(25-15)21-24-19-18(27(21)12-14-9-7-6-8-10-14)20(31)28(13-17(23)30)22(32)26(19)3/h6-11,18H,4-5,12-13H2,1-3H3,(H-,23,30)/p+1. The van der Waals surface area contributed by atoms with Crippen molar-refractivity contribution < 1.29 is 19.0 Å². The van der Waals surface area contributed by atoms with Gasteiger partial charge in [0.05, 0.1) is 12.2 Å². The van der Waals surface area contributed by atoms with Crippen LogP contribution in [0.2, 0.25) is 0 Å². The average molecular weight is 436 g/mol. The van der Waals surface area contributed by atoms with Gasteiger partial charge < -0.3 is 5.73 Å². The highest BCUT2D eigenvalue weighted by atomic mass is 16.2. The lowest BCUT2D eigenvalue weighted by molar-refractivity contribution is -0.553. The molecule has 0 radical (unpaired) electrons. The van der Waals surface area contributed by atoms with Crippen LogP contribution in [0.4, 0.5) is 4.79 Å². The maximum Gasteiger partial charge on any atom is 0.421 e. The third-order valence-electron chi connectivity index (χ3n) is 5.65. The number of urea groups is 1. The van der Waals surface area contributed by atoms with Crippen molar-refractivity contribution in [1.82, 2.24) is 19.6 Å². The molecular weight excluding hydrogens is 410 g/mol. The summed E-state index contributed by atoms with van der Waals surface area (Å²) in [6.07, 6.45) is 1.48. The topological polar surface area (TPSA) is 117 Å². The first-order valence-corrected chi connectivity index (χ1v) is 10.6. The number of aryl methyl sites for hydroxylation is 2. The molecule has 1 aromatic heterocycles.